The van der Waals surface area contributed by atoms with Crippen LogP contribution in [0, 0.1) is 5.82 Å². The fourth-order valence-corrected chi connectivity index (χ4v) is 1.67. The molecule has 1 atom stereocenters. The summed E-state index contributed by atoms with van der Waals surface area (Å²) < 4.78 is 18.5. The van der Waals surface area contributed by atoms with Gasteiger partial charge in [-0.05, 0) is 31.2 Å². The number of amides is 1. The van der Waals surface area contributed by atoms with Crippen LogP contribution < -0.4 is 5.32 Å². The van der Waals surface area contributed by atoms with Gasteiger partial charge in [0.1, 0.15) is 17.2 Å². The molecule has 1 aromatic carbocycles. The molecule has 2 rings (SSSR count). The van der Waals surface area contributed by atoms with Gasteiger partial charge in [-0.25, -0.2) is 4.39 Å². The zero-order chi connectivity index (χ0) is 13.9. The fourth-order valence-electron chi connectivity index (χ4n) is 1.67. The smallest absolute Gasteiger partial charge is 0.254 e. The quantitative estimate of drug-likeness (QED) is 0.887. The van der Waals surface area contributed by atoms with Crippen molar-refractivity contribution in [1.29, 1.82) is 0 Å². The van der Waals surface area contributed by atoms with Gasteiger partial charge in [0.05, 0.1) is 18.4 Å². The molecule has 5 heteroatoms. The van der Waals surface area contributed by atoms with E-state index in [2.05, 4.69) is 5.32 Å². The van der Waals surface area contributed by atoms with Gasteiger partial charge in [0.15, 0.2) is 0 Å². The first-order chi connectivity index (χ1) is 9.00. The minimum Gasteiger partial charge on any atom is -0.466 e. The van der Waals surface area contributed by atoms with Crippen LogP contribution in [0.5, 0.6) is 0 Å². The van der Waals surface area contributed by atoms with Crippen molar-refractivity contribution < 1.29 is 18.7 Å². The van der Waals surface area contributed by atoms with Crippen LogP contribution >= 0.6 is 0 Å². The van der Waals surface area contributed by atoms with Gasteiger partial charge in [-0.2, -0.15) is 0 Å². The lowest BCUT2D eigenvalue weighted by molar-refractivity contribution is 0.0329. The first kappa shape index (κ1) is 13.3. The summed E-state index contributed by atoms with van der Waals surface area (Å²) in [4.78, 5) is 11.8. The first-order valence-corrected chi connectivity index (χ1v) is 5.80. The SMILES string of the molecule is C[C@@](O)(CNC(=O)c1ccccc1F)c1ccco1. The summed E-state index contributed by atoms with van der Waals surface area (Å²) in [5.74, 6) is -0.844. The Morgan fingerprint density at radius 2 is 2.11 bits per heavy atom. The molecule has 1 aromatic heterocycles. The minimum atomic E-state index is -1.34. The van der Waals surface area contributed by atoms with Crippen LogP contribution in [0.2, 0.25) is 0 Å². The summed E-state index contributed by atoms with van der Waals surface area (Å²) in [6.45, 7) is 1.43. The molecule has 0 saturated carbocycles. The maximum absolute atomic E-state index is 13.4. The third-order valence-corrected chi connectivity index (χ3v) is 2.76. The number of furan rings is 1. The average Bonchev–Trinajstić information content (AvgIpc) is 2.91. The summed E-state index contributed by atoms with van der Waals surface area (Å²) in [5, 5.41) is 12.6. The van der Waals surface area contributed by atoms with E-state index in [1.54, 1.807) is 18.2 Å². The number of nitrogens with one attached hydrogen (secondary N) is 1. The van der Waals surface area contributed by atoms with Crippen molar-refractivity contribution in [3.8, 4) is 0 Å². The van der Waals surface area contributed by atoms with Crippen LogP contribution in [-0.2, 0) is 5.60 Å². The lowest BCUT2D eigenvalue weighted by atomic mass is 10.0. The molecule has 0 spiro atoms. The largest absolute Gasteiger partial charge is 0.466 e. The van der Waals surface area contributed by atoms with E-state index in [1.165, 1.54) is 31.4 Å². The van der Waals surface area contributed by atoms with E-state index in [9.17, 15) is 14.3 Å². The van der Waals surface area contributed by atoms with Crippen molar-refractivity contribution in [2.24, 2.45) is 0 Å². The van der Waals surface area contributed by atoms with Crippen LogP contribution in [0.15, 0.2) is 47.1 Å². The van der Waals surface area contributed by atoms with E-state index in [0.717, 1.165) is 0 Å². The van der Waals surface area contributed by atoms with E-state index in [-0.39, 0.29) is 12.1 Å². The highest BCUT2D eigenvalue weighted by Crippen LogP contribution is 2.20. The number of aliphatic hydroxyl groups is 1. The number of hydrogen-bond donors (Lipinski definition) is 2. The fraction of sp³-hybridized carbons (Fsp3) is 0.214. The second-order valence-corrected chi connectivity index (χ2v) is 4.41. The van der Waals surface area contributed by atoms with Crippen molar-refractivity contribution in [1.82, 2.24) is 5.32 Å². The summed E-state index contributed by atoms with van der Waals surface area (Å²) in [6, 6.07) is 8.91. The maximum atomic E-state index is 13.4. The Bertz CT molecular complexity index is 564. The number of carbonyl (C=O) groups excluding carboxylic acids is 1. The Kier molecular flexibility index (Phi) is 3.66. The molecular formula is C14H14FNO3. The number of benzene rings is 1. The van der Waals surface area contributed by atoms with Gasteiger partial charge in [-0.3, -0.25) is 4.79 Å². The normalized spacial score (nSPS) is 13.8. The summed E-state index contributed by atoms with van der Waals surface area (Å²) in [7, 11) is 0. The molecule has 2 N–H and O–H groups in total. The molecule has 0 aliphatic carbocycles. The molecule has 1 heterocycles. The molecule has 100 valence electrons. The zero-order valence-electron chi connectivity index (χ0n) is 10.4. The van der Waals surface area contributed by atoms with Crippen LogP contribution in [0.1, 0.15) is 23.0 Å². The Morgan fingerprint density at radius 1 is 1.37 bits per heavy atom. The molecule has 1 amide bonds. The Balaban J connectivity index is 2.03. The summed E-state index contributed by atoms with van der Waals surface area (Å²) in [5.41, 5.74) is -1.40. The molecule has 0 aliphatic rings. The lowest BCUT2D eigenvalue weighted by Crippen LogP contribution is -2.38. The van der Waals surface area contributed by atoms with Crippen LogP contribution in [0.25, 0.3) is 0 Å². The van der Waals surface area contributed by atoms with Crippen molar-refractivity contribution >= 4 is 5.91 Å². The summed E-state index contributed by atoms with van der Waals surface area (Å²) >= 11 is 0. The minimum absolute atomic E-state index is 0.0576. The van der Waals surface area contributed by atoms with Gasteiger partial charge in [-0.1, -0.05) is 12.1 Å². The van der Waals surface area contributed by atoms with Crippen molar-refractivity contribution in [2.75, 3.05) is 6.54 Å². The number of rotatable bonds is 4. The second-order valence-electron chi connectivity index (χ2n) is 4.41. The molecule has 2 aromatic rings. The van der Waals surface area contributed by atoms with Gasteiger partial charge < -0.3 is 14.8 Å². The molecule has 4 nitrogen and oxygen atoms in total. The maximum Gasteiger partial charge on any atom is 0.254 e. The predicted molar refractivity (Wildman–Crippen MR) is 67.0 cm³/mol. The van der Waals surface area contributed by atoms with Gasteiger partial charge >= 0.3 is 0 Å². The van der Waals surface area contributed by atoms with Gasteiger partial charge in [-0.15, -0.1) is 0 Å². The molecule has 0 saturated heterocycles. The second kappa shape index (κ2) is 5.24. The molecular weight excluding hydrogens is 249 g/mol. The molecule has 0 radical (unpaired) electrons. The molecule has 0 aliphatic heterocycles. The molecule has 0 bridgehead atoms. The number of halogens is 1. The standard InChI is InChI=1S/C14H14FNO3/c1-14(18,12-7-4-8-19-12)9-16-13(17)10-5-2-3-6-11(10)15/h2-8,18H,9H2,1H3,(H,16,17)/t14-/m1/s1. The van der Waals surface area contributed by atoms with E-state index in [0.29, 0.717) is 5.76 Å². The van der Waals surface area contributed by atoms with Crippen LogP contribution in [-0.4, -0.2) is 17.6 Å². The topological polar surface area (TPSA) is 62.5 Å². The molecule has 0 fully saturated rings. The third kappa shape index (κ3) is 3.00. The summed E-state index contributed by atoms with van der Waals surface area (Å²) in [6.07, 6.45) is 1.43. The monoisotopic (exact) mass is 263 g/mol. The average molecular weight is 263 g/mol. The highest BCUT2D eigenvalue weighted by atomic mass is 19.1. The van der Waals surface area contributed by atoms with E-state index in [1.807, 2.05) is 0 Å². The highest BCUT2D eigenvalue weighted by Gasteiger charge is 2.27. The Labute approximate surface area is 109 Å². The van der Waals surface area contributed by atoms with Crippen LogP contribution in [0.3, 0.4) is 0 Å². The van der Waals surface area contributed by atoms with Crippen molar-refractivity contribution in [2.45, 2.75) is 12.5 Å². The predicted octanol–water partition coefficient (Wildman–Crippen LogP) is 2.06. The van der Waals surface area contributed by atoms with Gasteiger partial charge in [0.2, 0.25) is 0 Å². The van der Waals surface area contributed by atoms with E-state index < -0.39 is 17.3 Å². The number of carbonyl (C=O) groups is 1. The molecule has 0 unspecified atom stereocenters. The van der Waals surface area contributed by atoms with Crippen molar-refractivity contribution in [3.05, 3.63) is 59.8 Å². The van der Waals surface area contributed by atoms with Crippen molar-refractivity contribution in [3.63, 3.8) is 0 Å². The first-order valence-electron chi connectivity index (χ1n) is 5.80. The highest BCUT2D eigenvalue weighted by molar-refractivity contribution is 5.94. The van der Waals surface area contributed by atoms with Gasteiger partial charge in [0.25, 0.3) is 5.91 Å². The third-order valence-electron chi connectivity index (χ3n) is 2.76. The molecule has 19 heavy (non-hydrogen) atoms. The number of hydrogen-bond acceptors (Lipinski definition) is 3. The zero-order valence-corrected chi connectivity index (χ0v) is 10.4. The van der Waals surface area contributed by atoms with Crippen LogP contribution in [0.4, 0.5) is 4.39 Å². The van der Waals surface area contributed by atoms with E-state index >= 15 is 0 Å². The van der Waals surface area contributed by atoms with E-state index in [4.69, 9.17) is 4.42 Å². The Morgan fingerprint density at radius 3 is 2.74 bits per heavy atom. The lowest BCUT2D eigenvalue weighted by Gasteiger charge is -2.21. The van der Waals surface area contributed by atoms with Gasteiger partial charge in [0, 0.05) is 0 Å². The Hall–Kier alpha value is -2.14.